The van der Waals surface area contributed by atoms with Crippen LogP contribution in [0.15, 0.2) is 48.5 Å². The lowest BCUT2D eigenvalue weighted by atomic mass is 10.0. The normalized spacial score (nSPS) is 14.7. The molecule has 24 heavy (non-hydrogen) atoms. The Balaban J connectivity index is 1.49. The van der Waals surface area contributed by atoms with Crippen LogP contribution >= 0.6 is 0 Å². The van der Waals surface area contributed by atoms with Crippen LogP contribution in [0.4, 0.5) is 0 Å². The van der Waals surface area contributed by atoms with E-state index in [0.29, 0.717) is 5.56 Å². The molecule has 122 valence electrons. The number of nitrogens with zero attached hydrogens (tertiary/aromatic N) is 1. The Morgan fingerprint density at radius 1 is 1.12 bits per heavy atom. The largest absolute Gasteiger partial charge is 0.478 e. The summed E-state index contributed by atoms with van der Waals surface area (Å²) in [5.74, 6) is -0.845. The highest BCUT2D eigenvalue weighted by Gasteiger charge is 2.20. The van der Waals surface area contributed by atoms with Crippen molar-refractivity contribution in [2.75, 3.05) is 13.1 Å². The third-order valence-corrected chi connectivity index (χ3v) is 4.91. The maximum atomic E-state index is 11.3. The van der Waals surface area contributed by atoms with Gasteiger partial charge in [-0.25, -0.2) is 4.79 Å². The van der Waals surface area contributed by atoms with Crippen LogP contribution in [-0.2, 0) is 19.4 Å². The van der Waals surface area contributed by atoms with Gasteiger partial charge in [-0.05, 0) is 36.1 Å². The van der Waals surface area contributed by atoms with E-state index in [2.05, 4.69) is 34.1 Å². The van der Waals surface area contributed by atoms with E-state index in [0.717, 1.165) is 38.0 Å². The summed E-state index contributed by atoms with van der Waals surface area (Å²) in [4.78, 5) is 17.3. The molecular formula is C20H20N2O2. The van der Waals surface area contributed by atoms with E-state index in [9.17, 15) is 9.90 Å². The lowest BCUT2D eigenvalue weighted by Crippen LogP contribution is -2.32. The Hall–Kier alpha value is -2.59. The SMILES string of the molecule is O=C(O)c1ccccc1CCN1CCc2c([nH]c3ccccc23)C1. The Morgan fingerprint density at radius 2 is 1.92 bits per heavy atom. The van der Waals surface area contributed by atoms with E-state index in [4.69, 9.17) is 0 Å². The number of aromatic nitrogens is 1. The minimum absolute atomic E-state index is 0.417. The molecule has 0 spiro atoms. The lowest BCUT2D eigenvalue weighted by Gasteiger charge is -2.27. The number of carboxylic acid groups (broad SMARTS) is 1. The van der Waals surface area contributed by atoms with E-state index < -0.39 is 5.97 Å². The molecule has 2 heterocycles. The summed E-state index contributed by atoms with van der Waals surface area (Å²) in [5.41, 5.74) is 5.27. The number of hydrogen-bond acceptors (Lipinski definition) is 2. The Labute approximate surface area is 140 Å². The molecule has 0 saturated heterocycles. The molecule has 1 aliphatic rings. The van der Waals surface area contributed by atoms with Crippen molar-refractivity contribution in [3.05, 3.63) is 70.9 Å². The fourth-order valence-corrected chi connectivity index (χ4v) is 3.67. The Morgan fingerprint density at radius 3 is 2.79 bits per heavy atom. The zero-order valence-corrected chi connectivity index (χ0v) is 13.5. The third-order valence-electron chi connectivity index (χ3n) is 4.91. The van der Waals surface area contributed by atoms with Gasteiger partial charge >= 0.3 is 5.97 Å². The van der Waals surface area contributed by atoms with Gasteiger partial charge < -0.3 is 10.1 Å². The topological polar surface area (TPSA) is 56.3 Å². The first-order chi connectivity index (χ1) is 11.7. The summed E-state index contributed by atoms with van der Waals surface area (Å²) in [6.45, 7) is 2.79. The number of aromatic carboxylic acids is 1. The van der Waals surface area contributed by atoms with Crippen molar-refractivity contribution in [1.82, 2.24) is 9.88 Å². The predicted molar refractivity (Wildman–Crippen MR) is 94.4 cm³/mol. The molecule has 0 bridgehead atoms. The van der Waals surface area contributed by atoms with Gasteiger partial charge in [0.2, 0.25) is 0 Å². The standard InChI is InChI=1S/C20H20N2O2/c23-20(24)15-6-2-1-5-14(15)9-11-22-12-10-17-16-7-3-4-8-18(16)21-19(17)13-22/h1-8,21H,9-13H2,(H,23,24). The van der Waals surface area contributed by atoms with Crippen LogP contribution in [0.1, 0.15) is 27.2 Å². The van der Waals surface area contributed by atoms with Gasteiger partial charge in [0, 0.05) is 36.2 Å². The molecule has 0 unspecified atom stereocenters. The Kier molecular flexibility index (Phi) is 3.82. The zero-order valence-electron chi connectivity index (χ0n) is 13.5. The second-order valence-corrected chi connectivity index (χ2v) is 6.37. The van der Waals surface area contributed by atoms with Crippen LogP contribution in [-0.4, -0.2) is 34.0 Å². The predicted octanol–water partition coefficient (Wildman–Crippen LogP) is 3.47. The van der Waals surface area contributed by atoms with Crippen LogP contribution in [0.25, 0.3) is 10.9 Å². The number of para-hydroxylation sites is 1. The average molecular weight is 320 g/mol. The van der Waals surface area contributed by atoms with Crippen molar-refractivity contribution in [1.29, 1.82) is 0 Å². The molecule has 2 aromatic carbocycles. The van der Waals surface area contributed by atoms with Crippen molar-refractivity contribution in [2.24, 2.45) is 0 Å². The molecule has 0 aliphatic carbocycles. The summed E-state index contributed by atoms with van der Waals surface area (Å²) in [5, 5.41) is 10.6. The van der Waals surface area contributed by atoms with Crippen LogP contribution < -0.4 is 0 Å². The fraction of sp³-hybridized carbons (Fsp3) is 0.250. The third kappa shape index (κ3) is 2.69. The number of fused-ring (bicyclic) bond motifs is 3. The van der Waals surface area contributed by atoms with Gasteiger partial charge in [0.05, 0.1) is 5.56 Å². The molecule has 1 aromatic heterocycles. The number of carboxylic acids is 1. The molecule has 0 amide bonds. The number of carbonyl (C=O) groups is 1. The monoisotopic (exact) mass is 320 g/mol. The number of hydrogen-bond donors (Lipinski definition) is 2. The molecule has 0 radical (unpaired) electrons. The van der Waals surface area contributed by atoms with Crippen molar-refractivity contribution in [3.63, 3.8) is 0 Å². The van der Waals surface area contributed by atoms with E-state index in [1.165, 1.54) is 22.2 Å². The molecule has 4 nitrogen and oxygen atoms in total. The van der Waals surface area contributed by atoms with E-state index in [1.54, 1.807) is 12.1 Å². The molecule has 0 fully saturated rings. The van der Waals surface area contributed by atoms with Crippen LogP contribution in [0.3, 0.4) is 0 Å². The van der Waals surface area contributed by atoms with Gasteiger partial charge in [-0.15, -0.1) is 0 Å². The molecule has 4 heteroatoms. The molecule has 0 saturated carbocycles. The first-order valence-corrected chi connectivity index (χ1v) is 8.34. The summed E-state index contributed by atoms with van der Waals surface area (Å²) in [6.07, 6.45) is 1.80. The number of rotatable bonds is 4. The van der Waals surface area contributed by atoms with Gasteiger partial charge in [-0.1, -0.05) is 36.4 Å². The van der Waals surface area contributed by atoms with Gasteiger partial charge in [-0.2, -0.15) is 0 Å². The molecule has 2 N–H and O–H groups in total. The molecule has 0 atom stereocenters. The van der Waals surface area contributed by atoms with Gasteiger partial charge in [0.25, 0.3) is 0 Å². The smallest absolute Gasteiger partial charge is 0.335 e. The van der Waals surface area contributed by atoms with Gasteiger partial charge in [-0.3, -0.25) is 4.90 Å². The number of benzene rings is 2. The molecule has 1 aliphatic heterocycles. The van der Waals surface area contributed by atoms with Crippen molar-refractivity contribution in [2.45, 2.75) is 19.4 Å². The van der Waals surface area contributed by atoms with Crippen LogP contribution in [0, 0.1) is 0 Å². The van der Waals surface area contributed by atoms with Crippen molar-refractivity contribution < 1.29 is 9.90 Å². The fourth-order valence-electron chi connectivity index (χ4n) is 3.67. The first kappa shape index (κ1) is 15.0. The van der Waals surface area contributed by atoms with Crippen LogP contribution in [0.5, 0.6) is 0 Å². The van der Waals surface area contributed by atoms with Gasteiger partial charge in [0.1, 0.15) is 0 Å². The highest BCUT2D eigenvalue weighted by Crippen LogP contribution is 2.27. The van der Waals surface area contributed by atoms with Crippen molar-refractivity contribution >= 4 is 16.9 Å². The summed E-state index contributed by atoms with van der Waals surface area (Å²) < 4.78 is 0. The highest BCUT2D eigenvalue weighted by atomic mass is 16.4. The maximum absolute atomic E-state index is 11.3. The second kappa shape index (κ2) is 6.13. The summed E-state index contributed by atoms with van der Waals surface area (Å²) in [7, 11) is 0. The van der Waals surface area contributed by atoms with E-state index in [1.807, 2.05) is 12.1 Å². The van der Waals surface area contributed by atoms with Crippen LogP contribution in [0.2, 0.25) is 0 Å². The summed E-state index contributed by atoms with van der Waals surface area (Å²) in [6, 6.07) is 15.8. The summed E-state index contributed by atoms with van der Waals surface area (Å²) >= 11 is 0. The number of H-pyrrole nitrogens is 1. The average Bonchev–Trinajstić information content (AvgIpc) is 2.98. The number of nitrogens with one attached hydrogen (secondary N) is 1. The Bertz CT molecular complexity index is 898. The second-order valence-electron chi connectivity index (χ2n) is 6.37. The lowest BCUT2D eigenvalue weighted by molar-refractivity contribution is 0.0695. The zero-order chi connectivity index (χ0) is 16.5. The maximum Gasteiger partial charge on any atom is 0.335 e. The number of aromatic amines is 1. The highest BCUT2D eigenvalue weighted by molar-refractivity contribution is 5.89. The quantitative estimate of drug-likeness (QED) is 0.774. The minimum Gasteiger partial charge on any atom is -0.478 e. The first-order valence-electron chi connectivity index (χ1n) is 8.34. The van der Waals surface area contributed by atoms with Gasteiger partial charge in [0.15, 0.2) is 0 Å². The van der Waals surface area contributed by atoms with E-state index in [-0.39, 0.29) is 0 Å². The molecular weight excluding hydrogens is 300 g/mol. The van der Waals surface area contributed by atoms with Crippen molar-refractivity contribution in [3.8, 4) is 0 Å². The molecule has 4 rings (SSSR count). The van der Waals surface area contributed by atoms with E-state index >= 15 is 0 Å². The molecule has 3 aromatic rings. The minimum atomic E-state index is -0.845.